The number of ketones is 1. The lowest BCUT2D eigenvalue weighted by atomic mass is 10.1. The van der Waals surface area contributed by atoms with E-state index in [1.54, 1.807) is 6.26 Å². The molecule has 8 heteroatoms. The summed E-state index contributed by atoms with van der Waals surface area (Å²) >= 11 is 0. The first-order valence-corrected chi connectivity index (χ1v) is 10.2. The maximum Gasteiger partial charge on any atom is 0.240 e. The highest BCUT2D eigenvalue weighted by Crippen LogP contribution is 2.11. The summed E-state index contributed by atoms with van der Waals surface area (Å²) in [7, 11) is -3.72. The Hall–Kier alpha value is -2.45. The number of hydrogen-bond acceptors (Lipinski definition) is 5. The van der Waals surface area contributed by atoms with E-state index in [-0.39, 0.29) is 35.6 Å². The van der Waals surface area contributed by atoms with Gasteiger partial charge in [0.25, 0.3) is 0 Å². The van der Waals surface area contributed by atoms with Gasteiger partial charge in [-0.2, -0.15) is 0 Å². The van der Waals surface area contributed by atoms with Crippen molar-refractivity contribution in [3.63, 3.8) is 0 Å². The lowest BCUT2D eigenvalue weighted by Gasteiger charge is -2.13. The third-order valence-corrected chi connectivity index (χ3v) is 5.50. The van der Waals surface area contributed by atoms with Crippen LogP contribution in [0.25, 0.3) is 0 Å². The van der Waals surface area contributed by atoms with E-state index < -0.39 is 10.0 Å². The minimum Gasteiger partial charge on any atom is -0.469 e. The number of nitrogens with one attached hydrogen (secondary N) is 2. The van der Waals surface area contributed by atoms with Gasteiger partial charge >= 0.3 is 0 Å². The van der Waals surface area contributed by atoms with Gasteiger partial charge in [-0.05, 0) is 44.5 Å². The highest BCUT2D eigenvalue weighted by atomic mass is 32.2. The fourth-order valence-electron chi connectivity index (χ4n) is 2.48. The highest BCUT2D eigenvalue weighted by Gasteiger charge is 2.15. The molecular formula is C19H24N2O5S. The van der Waals surface area contributed by atoms with Crippen LogP contribution in [0.1, 0.15) is 42.8 Å². The molecule has 0 fully saturated rings. The second kappa shape index (κ2) is 9.48. The van der Waals surface area contributed by atoms with Crippen molar-refractivity contribution in [3.8, 4) is 0 Å². The van der Waals surface area contributed by atoms with Gasteiger partial charge in [0.05, 0.1) is 11.2 Å². The Balaban J connectivity index is 1.75. The van der Waals surface area contributed by atoms with Gasteiger partial charge in [0.1, 0.15) is 5.76 Å². The topological polar surface area (TPSA) is 105 Å². The zero-order chi connectivity index (χ0) is 19.9. The molecule has 2 N–H and O–H groups in total. The molecule has 0 saturated heterocycles. The van der Waals surface area contributed by atoms with E-state index in [1.165, 1.54) is 31.2 Å². The Labute approximate surface area is 159 Å². The smallest absolute Gasteiger partial charge is 0.240 e. The van der Waals surface area contributed by atoms with Crippen molar-refractivity contribution in [2.45, 2.75) is 44.0 Å². The second-order valence-corrected chi connectivity index (χ2v) is 8.08. The van der Waals surface area contributed by atoms with Crippen LogP contribution in [-0.4, -0.2) is 32.7 Å². The summed E-state index contributed by atoms with van der Waals surface area (Å²) in [6.45, 7) is 3.30. The van der Waals surface area contributed by atoms with Crippen LogP contribution in [0.15, 0.2) is 52.0 Å². The summed E-state index contributed by atoms with van der Waals surface area (Å²) in [5, 5.41) is 2.84. The standard InChI is InChI=1S/C19H24N2O5S/c1-14(5-8-17-4-3-13-26-17)21-19(23)11-12-20-27(24,25)18-9-6-16(7-10-18)15(2)22/h3-4,6-7,9-10,13-14,20H,5,8,11-12H2,1-2H3,(H,21,23)/t14-/m0/s1. The molecule has 1 amide bonds. The average molecular weight is 392 g/mol. The van der Waals surface area contributed by atoms with Crippen molar-refractivity contribution in [1.29, 1.82) is 0 Å². The Bertz CT molecular complexity index is 858. The molecule has 2 aromatic rings. The number of furan rings is 1. The molecule has 0 aliphatic carbocycles. The first-order valence-electron chi connectivity index (χ1n) is 8.70. The van der Waals surface area contributed by atoms with Crippen molar-refractivity contribution in [1.82, 2.24) is 10.0 Å². The Morgan fingerprint density at radius 2 is 1.85 bits per heavy atom. The van der Waals surface area contributed by atoms with Crippen molar-refractivity contribution in [2.75, 3.05) is 6.54 Å². The average Bonchev–Trinajstić information content (AvgIpc) is 3.13. The molecule has 27 heavy (non-hydrogen) atoms. The van der Waals surface area contributed by atoms with E-state index in [4.69, 9.17) is 4.42 Å². The van der Waals surface area contributed by atoms with Crippen molar-refractivity contribution < 1.29 is 22.4 Å². The molecule has 1 atom stereocenters. The molecule has 7 nitrogen and oxygen atoms in total. The SMILES string of the molecule is CC(=O)c1ccc(S(=O)(=O)NCCC(=O)N[C@@H](C)CCc2ccco2)cc1. The number of sulfonamides is 1. The van der Waals surface area contributed by atoms with Crippen LogP contribution in [0, 0.1) is 0 Å². The van der Waals surface area contributed by atoms with Crippen LogP contribution in [0.5, 0.6) is 0 Å². The van der Waals surface area contributed by atoms with Gasteiger partial charge < -0.3 is 9.73 Å². The molecule has 0 aliphatic rings. The predicted octanol–water partition coefficient (Wildman–Crippen LogP) is 2.29. The van der Waals surface area contributed by atoms with Crippen molar-refractivity contribution >= 4 is 21.7 Å². The lowest BCUT2D eigenvalue weighted by molar-refractivity contribution is -0.121. The monoisotopic (exact) mass is 392 g/mol. The van der Waals surface area contributed by atoms with E-state index in [2.05, 4.69) is 10.0 Å². The van der Waals surface area contributed by atoms with E-state index in [1.807, 2.05) is 19.1 Å². The van der Waals surface area contributed by atoms with E-state index >= 15 is 0 Å². The molecule has 1 aromatic heterocycles. The van der Waals surface area contributed by atoms with Gasteiger partial charge in [-0.1, -0.05) is 12.1 Å². The number of hydrogen-bond donors (Lipinski definition) is 2. The molecule has 0 radical (unpaired) electrons. The summed E-state index contributed by atoms with van der Waals surface area (Å²) < 4.78 is 32.1. The molecule has 0 spiro atoms. The van der Waals surface area contributed by atoms with Crippen LogP contribution in [0.2, 0.25) is 0 Å². The number of amides is 1. The summed E-state index contributed by atoms with van der Waals surface area (Å²) in [6, 6.07) is 9.32. The molecule has 0 saturated carbocycles. The van der Waals surface area contributed by atoms with Crippen LogP contribution >= 0.6 is 0 Å². The third-order valence-electron chi connectivity index (χ3n) is 4.03. The fraction of sp³-hybridized carbons (Fsp3) is 0.368. The molecule has 2 rings (SSSR count). The van der Waals surface area contributed by atoms with Gasteiger partial charge in [-0.25, -0.2) is 13.1 Å². The summed E-state index contributed by atoms with van der Waals surface area (Å²) in [5.74, 6) is 0.501. The van der Waals surface area contributed by atoms with Gasteiger partial charge in [-0.3, -0.25) is 9.59 Å². The molecular weight excluding hydrogens is 368 g/mol. The minimum absolute atomic E-state index is 0.00642. The first kappa shape index (κ1) is 20.9. The lowest BCUT2D eigenvalue weighted by Crippen LogP contribution is -2.35. The van der Waals surface area contributed by atoms with Gasteiger partial charge in [0.2, 0.25) is 15.9 Å². The van der Waals surface area contributed by atoms with Crippen molar-refractivity contribution in [2.24, 2.45) is 0 Å². The highest BCUT2D eigenvalue weighted by molar-refractivity contribution is 7.89. The number of carbonyl (C=O) groups is 2. The van der Waals surface area contributed by atoms with Crippen LogP contribution in [0.3, 0.4) is 0 Å². The number of aryl methyl sites for hydroxylation is 1. The maximum absolute atomic E-state index is 12.2. The van der Waals surface area contributed by atoms with Gasteiger partial charge in [0.15, 0.2) is 5.78 Å². The second-order valence-electron chi connectivity index (χ2n) is 6.31. The molecule has 0 aliphatic heterocycles. The fourth-order valence-corrected chi connectivity index (χ4v) is 3.52. The summed E-state index contributed by atoms with van der Waals surface area (Å²) in [4.78, 5) is 23.2. The number of benzene rings is 1. The quantitative estimate of drug-likeness (QED) is 0.604. The summed E-state index contributed by atoms with van der Waals surface area (Å²) in [5.41, 5.74) is 0.442. The van der Waals surface area contributed by atoms with Crippen LogP contribution in [0.4, 0.5) is 0 Å². The number of rotatable bonds is 10. The van der Waals surface area contributed by atoms with Crippen LogP contribution in [-0.2, 0) is 21.2 Å². The van der Waals surface area contributed by atoms with E-state index in [9.17, 15) is 18.0 Å². The Morgan fingerprint density at radius 3 is 2.44 bits per heavy atom. The normalized spacial score (nSPS) is 12.5. The molecule has 1 heterocycles. The molecule has 1 aromatic carbocycles. The minimum atomic E-state index is -3.72. The Kier molecular flexibility index (Phi) is 7.32. The molecule has 146 valence electrons. The third kappa shape index (κ3) is 6.65. The largest absolute Gasteiger partial charge is 0.469 e. The number of carbonyl (C=O) groups excluding carboxylic acids is 2. The van der Waals surface area contributed by atoms with E-state index in [0.29, 0.717) is 5.56 Å². The van der Waals surface area contributed by atoms with Gasteiger partial charge in [0, 0.05) is 31.0 Å². The van der Waals surface area contributed by atoms with Crippen LogP contribution < -0.4 is 10.0 Å². The zero-order valence-electron chi connectivity index (χ0n) is 15.4. The first-order chi connectivity index (χ1) is 12.8. The maximum atomic E-state index is 12.2. The molecule has 0 bridgehead atoms. The van der Waals surface area contributed by atoms with E-state index in [0.717, 1.165) is 18.6 Å². The predicted molar refractivity (Wildman–Crippen MR) is 101 cm³/mol. The van der Waals surface area contributed by atoms with Gasteiger partial charge in [-0.15, -0.1) is 0 Å². The number of Topliss-reactive ketones (excluding diaryl/α,β-unsaturated/α-hetero) is 1. The molecule has 0 unspecified atom stereocenters. The van der Waals surface area contributed by atoms with Crippen molar-refractivity contribution in [3.05, 3.63) is 54.0 Å². The zero-order valence-corrected chi connectivity index (χ0v) is 16.2. The summed E-state index contributed by atoms with van der Waals surface area (Å²) in [6.07, 6.45) is 3.10. The Morgan fingerprint density at radius 1 is 1.15 bits per heavy atom.